The molecule has 1 aromatic heterocycles. The fourth-order valence-corrected chi connectivity index (χ4v) is 3.99. The maximum atomic E-state index is 12.2. The third kappa shape index (κ3) is 4.62. The molecule has 0 aliphatic carbocycles. The average Bonchev–Trinajstić information content (AvgIpc) is 2.94. The molecule has 3 rings (SSSR count). The number of likely N-dealkylation sites (tertiary alicyclic amines) is 1. The van der Waals surface area contributed by atoms with Gasteiger partial charge in [0.2, 0.25) is 0 Å². The maximum absolute atomic E-state index is 12.2. The van der Waals surface area contributed by atoms with Crippen LogP contribution in [-0.4, -0.2) is 28.9 Å². The first-order valence-corrected chi connectivity index (χ1v) is 9.51. The van der Waals surface area contributed by atoms with Crippen LogP contribution < -0.4 is 5.32 Å². The highest BCUT2D eigenvalue weighted by molar-refractivity contribution is 9.10. The predicted molar refractivity (Wildman–Crippen MR) is 97.9 cm³/mol. The minimum atomic E-state index is -0.126. The number of anilines is 1. The fourth-order valence-electron chi connectivity index (χ4n) is 2.90. The lowest BCUT2D eigenvalue weighted by Gasteiger charge is -2.30. The van der Waals surface area contributed by atoms with E-state index in [0.29, 0.717) is 10.7 Å². The number of carbonyl (C=O) groups excluding carboxylic acids is 1. The van der Waals surface area contributed by atoms with Gasteiger partial charge in [-0.2, -0.15) is 0 Å². The lowest BCUT2D eigenvalue weighted by molar-refractivity contribution is 0.102. The molecular weight excluding hydrogens is 374 g/mol. The molecule has 2 aromatic rings. The second kappa shape index (κ2) is 7.55. The summed E-state index contributed by atoms with van der Waals surface area (Å²) in [6, 6.07) is 7.35. The van der Waals surface area contributed by atoms with Crippen LogP contribution in [0.25, 0.3) is 0 Å². The van der Waals surface area contributed by atoms with Crippen LogP contribution in [0, 0.1) is 5.92 Å². The zero-order valence-electron chi connectivity index (χ0n) is 13.1. The van der Waals surface area contributed by atoms with E-state index in [0.717, 1.165) is 35.7 Å². The smallest absolute Gasteiger partial charge is 0.257 e. The molecule has 23 heavy (non-hydrogen) atoms. The normalized spacial score (nSPS) is 18.8. The van der Waals surface area contributed by atoms with Crippen LogP contribution in [0.5, 0.6) is 0 Å². The molecule has 1 fully saturated rings. The molecule has 0 unspecified atom stereocenters. The summed E-state index contributed by atoms with van der Waals surface area (Å²) in [5.41, 5.74) is 1.66. The Morgan fingerprint density at radius 1 is 1.52 bits per heavy atom. The molecule has 2 heterocycles. The quantitative estimate of drug-likeness (QED) is 0.837. The molecule has 0 bridgehead atoms. The maximum Gasteiger partial charge on any atom is 0.257 e. The number of amides is 1. The Morgan fingerprint density at radius 3 is 3.17 bits per heavy atom. The van der Waals surface area contributed by atoms with E-state index in [4.69, 9.17) is 0 Å². The number of rotatable bonds is 4. The number of halogens is 1. The third-order valence-corrected chi connectivity index (χ3v) is 5.29. The first kappa shape index (κ1) is 16.6. The molecule has 1 amide bonds. The Labute approximate surface area is 149 Å². The lowest BCUT2D eigenvalue weighted by atomic mass is 10.0. The van der Waals surface area contributed by atoms with Crippen molar-refractivity contribution in [1.29, 1.82) is 0 Å². The predicted octanol–water partition coefficient (Wildman–Crippen LogP) is 4.39. The van der Waals surface area contributed by atoms with Crippen molar-refractivity contribution < 1.29 is 4.79 Å². The van der Waals surface area contributed by atoms with Crippen molar-refractivity contribution in [3.8, 4) is 0 Å². The van der Waals surface area contributed by atoms with Gasteiger partial charge >= 0.3 is 0 Å². The topological polar surface area (TPSA) is 45.2 Å². The second-order valence-electron chi connectivity index (χ2n) is 6.09. The van der Waals surface area contributed by atoms with Gasteiger partial charge < -0.3 is 0 Å². The number of nitrogens with one attached hydrogen (secondary N) is 1. The van der Waals surface area contributed by atoms with Gasteiger partial charge in [-0.25, -0.2) is 4.98 Å². The van der Waals surface area contributed by atoms with Crippen LogP contribution in [0.4, 0.5) is 5.13 Å². The average molecular weight is 394 g/mol. The first-order valence-electron chi connectivity index (χ1n) is 7.84. The van der Waals surface area contributed by atoms with E-state index >= 15 is 0 Å². The van der Waals surface area contributed by atoms with Crippen molar-refractivity contribution in [1.82, 2.24) is 9.88 Å². The van der Waals surface area contributed by atoms with Crippen LogP contribution in [0.2, 0.25) is 0 Å². The molecule has 1 atom stereocenters. The van der Waals surface area contributed by atoms with E-state index in [1.54, 1.807) is 12.1 Å². The monoisotopic (exact) mass is 393 g/mol. The fraction of sp³-hybridized carbons (Fsp3) is 0.412. The first-order chi connectivity index (χ1) is 11.1. The van der Waals surface area contributed by atoms with Gasteiger partial charge in [-0.3, -0.25) is 15.0 Å². The van der Waals surface area contributed by atoms with Gasteiger partial charge in [-0.1, -0.05) is 28.9 Å². The number of aromatic nitrogens is 1. The molecule has 4 nitrogen and oxygen atoms in total. The van der Waals surface area contributed by atoms with Crippen LogP contribution in [-0.2, 0) is 6.54 Å². The highest BCUT2D eigenvalue weighted by Gasteiger charge is 2.17. The van der Waals surface area contributed by atoms with Crippen molar-refractivity contribution in [2.75, 3.05) is 18.4 Å². The summed E-state index contributed by atoms with van der Waals surface area (Å²) in [6.07, 6.45) is 2.58. The molecule has 6 heteroatoms. The molecule has 1 aromatic carbocycles. The zero-order valence-corrected chi connectivity index (χ0v) is 15.5. The number of carbonyl (C=O) groups is 1. The van der Waals surface area contributed by atoms with Crippen LogP contribution in [0.1, 0.15) is 35.8 Å². The summed E-state index contributed by atoms with van der Waals surface area (Å²) >= 11 is 4.87. The zero-order chi connectivity index (χ0) is 16.2. The van der Waals surface area contributed by atoms with E-state index in [9.17, 15) is 4.79 Å². The van der Waals surface area contributed by atoms with Gasteiger partial charge in [0.25, 0.3) is 5.91 Å². The molecule has 1 aliphatic rings. The number of nitrogens with zero attached hydrogens (tertiary/aromatic N) is 2. The van der Waals surface area contributed by atoms with E-state index in [1.807, 2.05) is 17.5 Å². The molecule has 0 radical (unpaired) electrons. The van der Waals surface area contributed by atoms with E-state index in [1.165, 1.54) is 24.2 Å². The summed E-state index contributed by atoms with van der Waals surface area (Å²) in [7, 11) is 0. The molecule has 122 valence electrons. The second-order valence-corrected chi connectivity index (χ2v) is 7.86. The van der Waals surface area contributed by atoms with E-state index in [-0.39, 0.29) is 5.91 Å². The SMILES string of the molecule is C[C@@H]1CCCN(Cc2csc(NC(=O)c3cccc(Br)c3)n2)C1. The van der Waals surface area contributed by atoms with E-state index in [2.05, 4.69) is 38.1 Å². The minimum absolute atomic E-state index is 0.126. The van der Waals surface area contributed by atoms with Gasteiger partial charge in [0, 0.05) is 28.5 Å². The Hall–Kier alpha value is -1.24. The summed E-state index contributed by atoms with van der Waals surface area (Å²) in [5, 5.41) is 5.58. The van der Waals surface area contributed by atoms with Crippen LogP contribution >= 0.6 is 27.3 Å². The largest absolute Gasteiger partial charge is 0.298 e. The van der Waals surface area contributed by atoms with E-state index < -0.39 is 0 Å². The number of hydrogen-bond donors (Lipinski definition) is 1. The molecule has 1 aliphatic heterocycles. The van der Waals surface area contributed by atoms with Crippen molar-refractivity contribution in [2.24, 2.45) is 5.92 Å². The number of piperidine rings is 1. The third-order valence-electron chi connectivity index (χ3n) is 3.99. The summed E-state index contributed by atoms with van der Waals surface area (Å²) in [6.45, 7) is 5.45. The summed E-state index contributed by atoms with van der Waals surface area (Å²) < 4.78 is 0.893. The lowest BCUT2D eigenvalue weighted by Crippen LogP contribution is -2.33. The summed E-state index contributed by atoms with van der Waals surface area (Å²) in [5.74, 6) is 0.636. The highest BCUT2D eigenvalue weighted by atomic mass is 79.9. The standard InChI is InChI=1S/C17H20BrN3OS/c1-12-4-3-7-21(9-12)10-15-11-23-17(19-15)20-16(22)13-5-2-6-14(18)8-13/h2,5-6,8,11-12H,3-4,7,9-10H2,1H3,(H,19,20,22)/t12-/m1/s1. The van der Waals surface area contributed by atoms with Crippen LogP contribution in [0.15, 0.2) is 34.1 Å². The van der Waals surface area contributed by atoms with Crippen molar-refractivity contribution in [3.63, 3.8) is 0 Å². The molecule has 0 saturated carbocycles. The van der Waals surface area contributed by atoms with Gasteiger partial charge in [0.1, 0.15) is 0 Å². The summed E-state index contributed by atoms with van der Waals surface area (Å²) in [4.78, 5) is 19.2. The van der Waals surface area contributed by atoms with Gasteiger partial charge in [-0.15, -0.1) is 11.3 Å². The van der Waals surface area contributed by atoms with Crippen LogP contribution in [0.3, 0.4) is 0 Å². The number of thiazole rings is 1. The van der Waals surface area contributed by atoms with Crippen molar-refractivity contribution in [3.05, 3.63) is 45.4 Å². The van der Waals surface area contributed by atoms with Crippen molar-refractivity contribution in [2.45, 2.75) is 26.3 Å². The Kier molecular flexibility index (Phi) is 5.46. The molecular formula is C17H20BrN3OS. The minimum Gasteiger partial charge on any atom is -0.298 e. The number of hydrogen-bond acceptors (Lipinski definition) is 4. The Bertz CT molecular complexity index is 688. The van der Waals surface area contributed by atoms with Gasteiger partial charge in [0.15, 0.2) is 5.13 Å². The number of benzene rings is 1. The van der Waals surface area contributed by atoms with Crippen molar-refractivity contribution >= 4 is 38.3 Å². The Morgan fingerprint density at radius 2 is 2.39 bits per heavy atom. The highest BCUT2D eigenvalue weighted by Crippen LogP contribution is 2.21. The molecule has 1 N–H and O–H groups in total. The van der Waals surface area contributed by atoms with Gasteiger partial charge in [-0.05, 0) is 43.5 Å². The molecule has 1 saturated heterocycles. The Balaban J connectivity index is 1.59. The van der Waals surface area contributed by atoms with Gasteiger partial charge in [0.05, 0.1) is 5.69 Å². The molecule has 0 spiro atoms.